The molecule has 0 spiro atoms. The number of terminal acetylenes is 1. The van der Waals surface area contributed by atoms with Gasteiger partial charge >= 0.3 is 0 Å². The van der Waals surface area contributed by atoms with Crippen LogP contribution >= 0.6 is 35.6 Å². The van der Waals surface area contributed by atoms with E-state index in [0.29, 0.717) is 15.8 Å². The Bertz CT molecular complexity index is 417. The van der Waals surface area contributed by atoms with Crippen LogP contribution in [0.1, 0.15) is 19.8 Å². The van der Waals surface area contributed by atoms with Crippen molar-refractivity contribution in [1.82, 2.24) is 5.06 Å². The van der Waals surface area contributed by atoms with Gasteiger partial charge in [-0.05, 0) is 24.6 Å². The molecule has 0 aliphatic heterocycles. The van der Waals surface area contributed by atoms with Gasteiger partial charge in [-0.15, -0.1) is 23.9 Å². The van der Waals surface area contributed by atoms with Gasteiger partial charge in [0.2, 0.25) is 0 Å². The molecule has 0 aromatic heterocycles. The van der Waals surface area contributed by atoms with Crippen molar-refractivity contribution in [2.75, 3.05) is 7.05 Å². The minimum absolute atomic E-state index is 0. The molecular weight excluding hydrogens is 293 g/mol. The molecule has 1 aromatic carbocycles. The van der Waals surface area contributed by atoms with Gasteiger partial charge in [0, 0.05) is 12.1 Å². The summed E-state index contributed by atoms with van der Waals surface area (Å²) in [6.45, 7) is 2.08. The zero-order chi connectivity index (χ0) is 12.8. The highest BCUT2D eigenvalue weighted by Gasteiger charge is 2.14. The predicted octanol–water partition coefficient (Wildman–Crippen LogP) is 4.44. The number of hydrogen-bond acceptors (Lipinski definition) is 2. The third-order valence-corrected chi connectivity index (χ3v) is 2.86. The van der Waals surface area contributed by atoms with Crippen LogP contribution in [0.25, 0.3) is 0 Å². The molecule has 0 aliphatic carbocycles. The van der Waals surface area contributed by atoms with Crippen LogP contribution in [0.5, 0.6) is 5.75 Å². The fourth-order valence-corrected chi connectivity index (χ4v) is 1.85. The van der Waals surface area contributed by atoms with Crippen molar-refractivity contribution in [3.63, 3.8) is 0 Å². The first-order valence-electron chi connectivity index (χ1n) is 5.40. The zero-order valence-corrected chi connectivity index (χ0v) is 12.6. The van der Waals surface area contributed by atoms with E-state index < -0.39 is 0 Å². The van der Waals surface area contributed by atoms with Crippen LogP contribution in [-0.2, 0) is 0 Å². The average molecular weight is 309 g/mol. The quantitative estimate of drug-likeness (QED) is 0.589. The summed E-state index contributed by atoms with van der Waals surface area (Å²) >= 11 is 11.8. The molecule has 0 saturated heterocycles. The molecule has 1 rings (SSSR count). The maximum Gasteiger partial charge on any atom is 0.166 e. The van der Waals surface area contributed by atoms with Crippen LogP contribution in [0, 0.1) is 12.3 Å². The van der Waals surface area contributed by atoms with Crippen LogP contribution in [0.2, 0.25) is 10.0 Å². The van der Waals surface area contributed by atoms with Crippen LogP contribution in [0.4, 0.5) is 0 Å². The van der Waals surface area contributed by atoms with Gasteiger partial charge in [0.15, 0.2) is 5.75 Å². The summed E-state index contributed by atoms with van der Waals surface area (Å²) in [6.07, 6.45) is 7.32. The van der Waals surface area contributed by atoms with E-state index in [9.17, 15) is 0 Å². The molecule has 0 aliphatic rings. The molecule has 0 fully saturated rings. The number of nitrogens with zero attached hydrogens (tertiary/aromatic N) is 1. The lowest BCUT2D eigenvalue weighted by molar-refractivity contribution is -0.0548. The van der Waals surface area contributed by atoms with Crippen molar-refractivity contribution in [3.8, 4) is 18.1 Å². The average Bonchev–Trinajstić information content (AvgIpc) is 2.29. The highest BCUT2D eigenvalue weighted by molar-refractivity contribution is 6.35. The van der Waals surface area contributed by atoms with E-state index in [4.69, 9.17) is 34.5 Å². The van der Waals surface area contributed by atoms with Crippen molar-refractivity contribution in [3.05, 3.63) is 28.2 Å². The fraction of sp³-hybridized carbons (Fsp3) is 0.385. The second-order valence-corrected chi connectivity index (χ2v) is 4.53. The lowest BCUT2D eigenvalue weighted by Crippen LogP contribution is -2.33. The number of halogens is 3. The fourth-order valence-electron chi connectivity index (χ4n) is 1.41. The molecular formula is C13H16Cl3NO. The summed E-state index contributed by atoms with van der Waals surface area (Å²) in [5, 5.41) is 2.68. The number of hydroxylamine groups is 2. The molecule has 0 saturated carbocycles. The van der Waals surface area contributed by atoms with Crippen molar-refractivity contribution < 1.29 is 4.84 Å². The molecule has 0 radical (unpaired) electrons. The molecule has 0 bridgehead atoms. The molecule has 2 nitrogen and oxygen atoms in total. The summed E-state index contributed by atoms with van der Waals surface area (Å²) < 4.78 is 0. The van der Waals surface area contributed by atoms with E-state index in [1.54, 1.807) is 30.3 Å². The summed E-state index contributed by atoms with van der Waals surface area (Å²) in [5.74, 6) is 3.24. The lowest BCUT2D eigenvalue weighted by Gasteiger charge is -2.23. The van der Waals surface area contributed by atoms with E-state index in [1.165, 1.54) is 0 Å². The van der Waals surface area contributed by atoms with Crippen LogP contribution in [0.15, 0.2) is 18.2 Å². The maximum atomic E-state index is 6.01. The molecule has 1 unspecified atom stereocenters. The lowest BCUT2D eigenvalue weighted by atomic mass is 10.2. The number of rotatable bonds is 5. The SMILES string of the molecule is C#CC(CCC)N(C)Oc1ccc(Cl)cc1Cl.Cl. The van der Waals surface area contributed by atoms with Gasteiger partial charge in [0.1, 0.15) is 6.04 Å². The molecule has 1 aromatic rings. The molecule has 0 amide bonds. The van der Waals surface area contributed by atoms with Crippen molar-refractivity contribution in [1.29, 1.82) is 0 Å². The van der Waals surface area contributed by atoms with Gasteiger partial charge in [-0.3, -0.25) is 0 Å². The highest BCUT2D eigenvalue weighted by Crippen LogP contribution is 2.28. The zero-order valence-electron chi connectivity index (χ0n) is 10.3. The Morgan fingerprint density at radius 1 is 1.44 bits per heavy atom. The predicted molar refractivity (Wildman–Crippen MR) is 79.6 cm³/mol. The second-order valence-electron chi connectivity index (χ2n) is 3.68. The number of hydrogen-bond donors (Lipinski definition) is 0. The van der Waals surface area contributed by atoms with Crippen molar-refractivity contribution >= 4 is 35.6 Å². The third kappa shape index (κ3) is 4.96. The summed E-state index contributed by atoms with van der Waals surface area (Å²) in [4.78, 5) is 5.61. The standard InChI is InChI=1S/C13H15Cl2NO.ClH/c1-4-6-11(5-2)16(3)17-13-8-7-10(14)9-12(13)15;/h2,7-9,11H,4,6H2,1,3H3;1H. The largest absolute Gasteiger partial charge is 0.403 e. The van der Waals surface area contributed by atoms with E-state index in [2.05, 4.69) is 12.8 Å². The van der Waals surface area contributed by atoms with Crippen molar-refractivity contribution in [2.45, 2.75) is 25.8 Å². The van der Waals surface area contributed by atoms with Crippen LogP contribution < -0.4 is 4.84 Å². The molecule has 5 heteroatoms. The molecule has 18 heavy (non-hydrogen) atoms. The minimum atomic E-state index is -0.0632. The highest BCUT2D eigenvalue weighted by atomic mass is 35.5. The Labute approximate surface area is 125 Å². The molecule has 1 atom stereocenters. The summed E-state index contributed by atoms with van der Waals surface area (Å²) in [7, 11) is 1.80. The topological polar surface area (TPSA) is 12.5 Å². The van der Waals surface area contributed by atoms with Gasteiger partial charge in [-0.1, -0.05) is 42.5 Å². The van der Waals surface area contributed by atoms with Gasteiger partial charge in [0.05, 0.1) is 5.02 Å². The van der Waals surface area contributed by atoms with E-state index >= 15 is 0 Å². The minimum Gasteiger partial charge on any atom is -0.403 e. The Morgan fingerprint density at radius 2 is 2.11 bits per heavy atom. The first kappa shape index (κ1) is 17.4. The summed E-state index contributed by atoms with van der Waals surface area (Å²) in [5.41, 5.74) is 0. The molecule has 0 heterocycles. The second kappa shape index (κ2) is 8.50. The van der Waals surface area contributed by atoms with Crippen LogP contribution in [-0.4, -0.2) is 18.2 Å². The van der Waals surface area contributed by atoms with E-state index in [1.807, 2.05) is 0 Å². The Balaban J connectivity index is 0.00000289. The first-order valence-corrected chi connectivity index (χ1v) is 6.16. The monoisotopic (exact) mass is 307 g/mol. The van der Waals surface area contributed by atoms with Gasteiger partial charge < -0.3 is 4.84 Å². The third-order valence-electron chi connectivity index (χ3n) is 2.33. The summed E-state index contributed by atoms with van der Waals surface area (Å²) in [6, 6.07) is 5.02. The van der Waals surface area contributed by atoms with E-state index in [-0.39, 0.29) is 18.4 Å². The Hall–Kier alpha value is -0.590. The normalized spacial score (nSPS) is 11.6. The maximum absolute atomic E-state index is 6.01. The molecule has 100 valence electrons. The molecule has 0 N–H and O–H groups in total. The Morgan fingerprint density at radius 3 is 2.61 bits per heavy atom. The smallest absolute Gasteiger partial charge is 0.166 e. The van der Waals surface area contributed by atoms with Gasteiger partial charge in [-0.2, -0.15) is 0 Å². The van der Waals surface area contributed by atoms with Gasteiger partial charge in [-0.25, -0.2) is 0 Å². The van der Waals surface area contributed by atoms with Gasteiger partial charge in [0.25, 0.3) is 0 Å². The van der Waals surface area contributed by atoms with Crippen molar-refractivity contribution in [2.24, 2.45) is 0 Å². The van der Waals surface area contributed by atoms with E-state index in [0.717, 1.165) is 12.8 Å². The number of benzene rings is 1. The van der Waals surface area contributed by atoms with Crippen LogP contribution in [0.3, 0.4) is 0 Å². The Kier molecular flexibility index (Phi) is 8.22. The first-order chi connectivity index (χ1) is 8.08.